The van der Waals surface area contributed by atoms with Gasteiger partial charge in [-0.15, -0.1) is 0 Å². The van der Waals surface area contributed by atoms with Gasteiger partial charge in [-0.2, -0.15) is 13.2 Å². The Hall–Kier alpha value is -2.17. The van der Waals surface area contributed by atoms with Gasteiger partial charge in [-0.05, 0) is 38.5 Å². The largest absolute Gasteiger partial charge is 0.444 e. The van der Waals surface area contributed by atoms with Gasteiger partial charge in [0.1, 0.15) is 11.3 Å². The van der Waals surface area contributed by atoms with Crippen molar-refractivity contribution in [2.45, 2.75) is 48.9 Å². The summed E-state index contributed by atoms with van der Waals surface area (Å²) in [5.41, 5.74) is -3.32. The molecule has 168 valence electrons. The predicted octanol–water partition coefficient (Wildman–Crippen LogP) is 5.69. The fraction of sp³-hybridized carbons (Fsp3) is 0.316. The van der Waals surface area contributed by atoms with Gasteiger partial charge in [0, 0.05) is 16.3 Å². The number of carbonyl (C=O) groups is 2. The van der Waals surface area contributed by atoms with Crippen molar-refractivity contribution in [3.8, 4) is 0 Å². The summed E-state index contributed by atoms with van der Waals surface area (Å²) in [7, 11) is 0. The van der Waals surface area contributed by atoms with Gasteiger partial charge in [0.2, 0.25) is 0 Å². The molecule has 1 aromatic heterocycles. The van der Waals surface area contributed by atoms with Crippen LogP contribution < -0.4 is 10.9 Å². The molecular formula is C19H17Cl2F3N2O4S. The first kappa shape index (κ1) is 25.1. The van der Waals surface area contributed by atoms with Gasteiger partial charge >= 0.3 is 12.3 Å². The number of halogens is 5. The number of hydrogen-bond acceptors (Lipinski definition) is 5. The standard InChI is InChI=1S/C19H17Cl2F3N2O4S/c1-18(2,3)30-17(29)25-7-9-4-5-11(20)15(14(9)21)31-12-6-13(19(22,23)24)26-16(28)10(12)8-27/h4-6,8H,7H2,1-3H3,(H,25,29)(H,26,28). The number of ether oxygens (including phenoxy) is 1. The number of H-pyrrole nitrogens is 1. The van der Waals surface area contributed by atoms with E-state index in [4.69, 9.17) is 27.9 Å². The number of aromatic nitrogens is 1. The molecule has 0 saturated carbocycles. The molecule has 2 aromatic rings. The number of rotatable bonds is 5. The third kappa shape index (κ3) is 6.65. The second-order valence-corrected chi connectivity index (χ2v) is 9.05. The Morgan fingerprint density at radius 3 is 2.45 bits per heavy atom. The molecule has 0 bridgehead atoms. The summed E-state index contributed by atoms with van der Waals surface area (Å²) < 4.78 is 44.3. The highest BCUT2D eigenvalue weighted by molar-refractivity contribution is 7.99. The Balaban J connectivity index is 2.39. The van der Waals surface area contributed by atoms with E-state index in [0.717, 1.165) is 0 Å². The van der Waals surface area contributed by atoms with E-state index in [1.54, 1.807) is 25.8 Å². The van der Waals surface area contributed by atoms with Crippen LogP contribution in [0.25, 0.3) is 0 Å². The van der Waals surface area contributed by atoms with Gasteiger partial charge in [-0.3, -0.25) is 9.59 Å². The van der Waals surface area contributed by atoms with Gasteiger partial charge in [0.05, 0.1) is 15.6 Å². The van der Waals surface area contributed by atoms with Crippen molar-refractivity contribution < 1.29 is 27.5 Å². The number of alkyl carbamates (subject to hydrolysis) is 1. The molecule has 0 aliphatic heterocycles. The second kappa shape index (κ2) is 9.54. The Kier molecular flexibility index (Phi) is 7.72. The fourth-order valence-corrected chi connectivity index (χ4v) is 3.99. The van der Waals surface area contributed by atoms with Crippen LogP contribution in [0.4, 0.5) is 18.0 Å². The van der Waals surface area contributed by atoms with Crippen LogP contribution in [0.3, 0.4) is 0 Å². The minimum absolute atomic E-state index is 0.0410. The summed E-state index contributed by atoms with van der Waals surface area (Å²) in [4.78, 5) is 36.5. The first-order valence-electron chi connectivity index (χ1n) is 8.64. The SMILES string of the molecule is CC(C)(C)OC(=O)NCc1ccc(Cl)c(Sc2cc(C(F)(F)F)[nH]c(=O)c2C=O)c1Cl. The molecule has 0 saturated heterocycles. The van der Waals surface area contributed by atoms with Gasteiger partial charge in [-0.25, -0.2) is 4.79 Å². The average molecular weight is 497 g/mol. The maximum absolute atomic E-state index is 13.1. The van der Waals surface area contributed by atoms with Crippen LogP contribution in [0.2, 0.25) is 10.0 Å². The molecule has 0 unspecified atom stereocenters. The third-order valence-electron chi connectivity index (χ3n) is 3.62. The van der Waals surface area contributed by atoms with Crippen molar-refractivity contribution in [1.29, 1.82) is 0 Å². The maximum Gasteiger partial charge on any atom is 0.431 e. The normalized spacial score (nSPS) is 11.9. The number of hydrogen-bond donors (Lipinski definition) is 2. The molecule has 2 rings (SSSR count). The topological polar surface area (TPSA) is 88.3 Å². The minimum atomic E-state index is -4.83. The number of aromatic amines is 1. The third-order valence-corrected chi connectivity index (χ3v) is 5.78. The Labute approximate surface area is 189 Å². The molecule has 2 N–H and O–H groups in total. The lowest BCUT2D eigenvalue weighted by Gasteiger charge is -2.20. The van der Waals surface area contributed by atoms with Crippen LogP contribution in [0.1, 0.15) is 42.4 Å². The Bertz CT molecular complexity index is 1070. The molecule has 1 aromatic carbocycles. The molecule has 6 nitrogen and oxygen atoms in total. The van der Waals surface area contributed by atoms with Crippen LogP contribution in [-0.4, -0.2) is 23.0 Å². The lowest BCUT2D eigenvalue weighted by Crippen LogP contribution is -2.32. The summed E-state index contributed by atoms with van der Waals surface area (Å²) in [6.45, 7) is 5.02. The molecule has 0 atom stereocenters. The molecule has 0 radical (unpaired) electrons. The van der Waals surface area contributed by atoms with E-state index in [1.165, 1.54) is 12.1 Å². The van der Waals surface area contributed by atoms with E-state index < -0.39 is 34.7 Å². The summed E-state index contributed by atoms with van der Waals surface area (Å²) in [5.74, 6) is 0. The molecule has 0 spiro atoms. The number of amides is 1. The van der Waals surface area contributed by atoms with Crippen LogP contribution >= 0.6 is 35.0 Å². The van der Waals surface area contributed by atoms with Crippen molar-refractivity contribution in [2.24, 2.45) is 0 Å². The molecule has 0 fully saturated rings. The molecule has 31 heavy (non-hydrogen) atoms. The summed E-state index contributed by atoms with van der Waals surface area (Å²) >= 11 is 13.1. The van der Waals surface area contributed by atoms with Crippen molar-refractivity contribution in [1.82, 2.24) is 10.3 Å². The smallest absolute Gasteiger partial charge is 0.431 e. The van der Waals surface area contributed by atoms with Gasteiger partial charge in [0.15, 0.2) is 6.29 Å². The van der Waals surface area contributed by atoms with Crippen molar-refractivity contribution in [3.05, 3.63) is 55.4 Å². The van der Waals surface area contributed by atoms with E-state index in [-0.39, 0.29) is 32.7 Å². The van der Waals surface area contributed by atoms with E-state index in [1.807, 2.05) is 0 Å². The number of aldehydes is 1. The van der Waals surface area contributed by atoms with Crippen molar-refractivity contribution in [3.63, 3.8) is 0 Å². The zero-order valence-corrected chi connectivity index (χ0v) is 18.8. The maximum atomic E-state index is 13.1. The quantitative estimate of drug-likeness (QED) is 0.519. The van der Waals surface area contributed by atoms with E-state index >= 15 is 0 Å². The first-order chi connectivity index (χ1) is 14.2. The van der Waals surface area contributed by atoms with Gasteiger partial charge in [-0.1, -0.05) is 41.0 Å². The van der Waals surface area contributed by atoms with Crippen LogP contribution in [0, 0.1) is 0 Å². The Morgan fingerprint density at radius 2 is 1.90 bits per heavy atom. The van der Waals surface area contributed by atoms with Crippen LogP contribution in [-0.2, 0) is 17.5 Å². The summed E-state index contributed by atoms with van der Waals surface area (Å²) in [6, 6.07) is 3.58. The zero-order chi connectivity index (χ0) is 23.6. The lowest BCUT2D eigenvalue weighted by molar-refractivity contribution is -0.141. The predicted molar refractivity (Wildman–Crippen MR) is 111 cm³/mol. The fourth-order valence-electron chi connectivity index (χ4n) is 2.29. The number of nitrogens with one attached hydrogen (secondary N) is 2. The van der Waals surface area contributed by atoms with Gasteiger partial charge in [0.25, 0.3) is 5.56 Å². The molecular weight excluding hydrogens is 480 g/mol. The molecule has 0 aliphatic carbocycles. The highest BCUT2D eigenvalue weighted by Gasteiger charge is 2.33. The average Bonchev–Trinajstić information content (AvgIpc) is 2.62. The molecule has 1 amide bonds. The van der Waals surface area contributed by atoms with E-state index in [0.29, 0.717) is 23.4 Å². The second-order valence-electron chi connectivity index (χ2n) is 7.21. The lowest BCUT2D eigenvalue weighted by atomic mass is 10.2. The summed E-state index contributed by atoms with van der Waals surface area (Å²) in [6.07, 6.45) is -5.37. The molecule has 0 aliphatic rings. The number of benzene rings is 1. The zero-order valence-electron chi connectivity index (χ0n) is 16.4. The van der Waals surface area contributed by atoms with E-state index in [9.17, 15) is 27.6 Å². The number of pyridine rings is 1. The van der Waals surface area contributed by atoms with Crippen LogP contribution in [0.15, 0.2) is 32.8 Å². The molecule has 1 heterocycles. The van der Waals surface area contributed by atoms with Crippen molar-refractivity contribution >= 4 is 47.3 Å². The van der Waals surface area contributed by atoms with Crippen LogP contribution in [0.5, 0.6) is 0 Å². The first-order valence-corrected chi connectivity index (χ1v) is 10.2. The molecule has 12 heteroatoms. The number of alkyl halides is 3. The highest BCUT2D eigenvalue weighted by atomic mass is 35.5. The Morgan fingerprint density at radius 1 is 1.26 bits per heavy atom. The summed E-state index contributed by atoms with van der Waals surface area (Å²) in [5, 5.41) is 2.64. The van der Waals surface area contributed by atoms with Gasteiger partial charge < -0.3 is 15.0 Å². The monoisotopic (exact) mass is 496 g/mol. The van der Waals surface area contributed by atoms with Crippen molar-refractivity contribution in [2.75, 3.05) is 0 Å². The minimum Gasteiger partial charge on any atom is -0.444 e. The highest BCUT2D eigenvalue weighted by Crippen LogP contribution is 2.42. The number of carbonyl (C=O) groups excluding carboxylic acids is 2. The van der Waals surface area contributed by atoms with E-state index in [2.05, 4.69) is 5.32 Å².